The first-order valence-electron chi connectivity index (χ1n) is 3.97. The summed E-state index contributed by atoms with van der Waals surface area (Å²) in [5.41, 5.74) is 2.13. The lowest BCUT2D eigenvalue weighted by atomic mass is 10.3. The molecule has 0 aromatic carbocycles. The minimum Gasteiger partial charge on any atom is -0.342 e. The van der Waals surface area contributed by atoms with Gasteiger partial charge in [-0.3, -0.25) is 0 Å². The molecule has 2 rings (SSSR count). The molecule has 3 nitrogen and oxygen atoms in total. The molecule has 0 aliphatic carbocycles. The quantitative estimate of drug-likeness (QED) is 0.835. The Bertz CT molecular complexity index is 353. The monoisotopic (exact) mass is 233 g/mol. The summed E-state index contributed by atoms with van der Waals surface area (Å²) in [5, 5.41) is 4.26. The van der Waals surface area contributed by atoms with Crippen molar-refractivity contribution in [1.29, 1.82) is 0 Å². The average Bonchev–Trinajstić information content (AvgIpc) is 2.47. The van der Waals surface area contributed by atoms with Crippen LogP contribution < -0.4 is 5.32 Å². The van der Waals surface area contributed by atoms with Crippen molar-refractivity contribution in [3.8, 4) is 0 Å². The molecule has 0 amide bonds. The van der Waals surface area contributed by atoms with Crippen LogP contribution in [0.1, 0.15) is 5.69 Å². The van der Waals surface area contributed by atoms with Crippen molar-refractivity contribution in [2.24, 2.45) is 0 Å². The van der Waals surface area contributed by atoms with Gasteiger partial charge in [0.1, 0.15) is 5.65 Å². The Labute approximate surface area is 95.1 Å². The number of hydrogen-bond donors (Lipinski definition) is 2. The van der Waals surface area contributed by atoms with Gasteiger partial charge >= 0.3 is 0 Å². The molecule has 0 bridgehead atoms. The standard InChI is InChI=1S/C9H11N3.2ClH/c1-10-6-8-5-7-3-2-4-11-9(7)12-8;;/h2-5,10H,6H2,1H3,(H,11,12);2*1H. The SMILES string of the molecule is CNCc1cc2cccnc2[nH]1.Cl.Cl. The van der Waals surface area contributed by atoms with Crippen LogP contribution in [0.2, 0.25) is 0 Å². The Hall–Kier alpha value is -0.770. The highest BCUT2D eigenvalue weighted by atomic mass is 35.5. The van der Waals surface area contributed by atoms with E-state index in [9.17, 15) is 0 Å². The summed E-state index contributed by atoms with van der Waals surface area (Å²) in [6, 6.07) is 6.11. The predicted octanol–water partition coefficient (Wildman–Crippen LogP) is 2.13. The van der Waals surface area contributed by atoms with E-state index >= 15 is 0 Å². The van der Waals surface area contributed by atoms with Crippen molar-refractivity contribution in [3.05, 3.63) is 30.1 Å². The molecule has 0 radical (unpaired) electrons. The van der Waals surface area contributed by atoms with Crippen LogP contribution in [0.4, 0.5) is 0 Å². The third kappa shape index (κ3) is 2.61. The zero-order chi connectivity index (χ0) is 8.39. The Kier molecular flexibility index (Phi) is 5.53. The predicted molar refractivity (Wildman–Crippen MR) is 63.4 cm³/mol. The molecular formula is C9H13Cl2N3. The van der Waals surface area contributed by atoms with E-state index < -0.39 is 0 Å². The Morgan fingerprint density at radius 2 is 2.21 bits per heavy atom. The summed E-state index contributed by atoms with van der Waals surface area (Å²) in [4.78, 5) is 7.42. The van der Waals surface area contributed by atoms with Gasteiger partial charge in [-0.2, -0.15) is 0 Å². The van der Waals surface area contributed by atoms with Gasteiger partial charge in [0.25, 0.3) is 0 Å². The van der Waals surface area contributed by atoms with Crippen LogP contribution in [0.25, 0.3) is 11.0 Å². The van der Waals surface area contributed by atoms with E-state index in [1.165, 1.54) is 11.1 Å². The van der Waals surface area contributed by atoms with E-state index in [1.54, 1.807) is 6.20 Å². The smallest absolute Gasteiger partial charge is 0.137 e. The summed E-state index contributed by atoms with van der Waals surface area (Å²) < 4.78 is 0. The second kappa shape index (κ2) is 5.86. The Morgan fingerprint density at radius 1 is 1.43 bits per heavy atom. The maximum absolute atomic E-state index is 4.20. The number of rotatable bonds is 2. The molecule has 2 aromatic heterocycles. The highest BCUT2D eigenvalue weighted by molar-refractivity contribution is 5.85. The van der Waals surface area contributed by atoms with E-state index in [0.29, 0.717) is 0 Å². The molecule has 0 fully saturated rings. The number of hydrogen-bond acceptors (Lipinski definition) is 2. The minimum atomic E-state index is 0. The van der Waals surface area contributed by atoms with Gasteiger partial charge in [-0.15, -0.1) is 24.8 Å². The van der Waals surface area contributed by atoms with Gasteiger partial charge in [0.15, 0.2) is 0 Å². The van der Waals surface area contributed by atoms with Crippen LogP contribution in [-0.2, 0) is 6.54 Å². The van der Waals surface area contributed by atoms with Crippen molar-refractivity contribution in [3.63, 3.8) is 0 Å². The van der Waals surface area contributed by atoms with Gasteiger partial charge in [0, 0.05) is 23.8 Å². The number of nitrogens with one attached hydrogen (secondary N) is 2. The van der Waals surface area contributed by atoms with Crippen molar-refractivity contribution in [2.45, 2.75) is 6.54 Å². The van der Waals surface area contributed by atoms with Gasteiger partial charge in [-0.05, 0) is 25.2 Å². The highest BCUT2D eigenvalue weighted by Crippen LogP contribution is 2.11. The zero-order valence-corrected chi connectivity index (χ0v) is 9.41. The fourth-order valence-electron chi connectivity index (χ4n) is 1.30. The van der Waals surface area contributed by atoms with Crippen molar-refractivity contribution in [1.82, 2.24) is 15.3 Å². The molecule has 2 N–H and O–H groups in total. The second-order valence-corrected chi connectivity index (χ2v) is 2.77. The van der Waals surface area contributed by atoms with Crippen LogP contribution >= 0.6 is 24.8 Å². The van der Waals surface area contributed by atoms with Crippen LogP contribution in [-0.4, -0.2) is 17.0 Å². The van der Waals surface area contributed by atoms with Gasteiger partial charge in [0.05, 0.1) is 0 Å². The largest absolute Gasteiger partial charge is 0.342 e. The molecular weight excluding hydrogens is 221 g/mol. The molecule has 0 atom stereocenters. The number of H-pyrrole nitrogens is 1. The first-order chi connectivity index (χ1) is 5.90. The maximum atomic E-state index is 4.20. The topological polar surface area (TPSA) is 40.7 Å². The molecule has 5 heteroatoms. The molecule has 78 valence electrons. The Balaban J connectivity index is 0.000000845. The summed E-state index contributed by atoms with van der Waals surface area (Å²) in [6.07, 6.45) is 1.79. The van der Waals surface area contributed by atoms with Crippen LogP contribution in [0, 0.1) is 0 Å². The van der Waals surface area contributed by atoms with E-state index in [4.69, 9.17) is 0 Å². The van der Waals surface area contributed by atoms with Gasteiger partial charge in [-0.1, -0.05) is 0 Å². The second-order valence-electron chi connectivity index (χ2n) is 2.77. The van der Waals surface area contributed by atoms with Gasteiger partial charge < -0.3 is 10.3 Å². The van der Waals surface area contributed by atoms with E-state index in [1.807, 2.05) is 13.1 Å². The summed E-state index contributed by atoms with van der Waals surface area (Å²) in [7, 11) is 1.93. The molecule has 0 unspecified atom stereocenters. The fourth-order valence-corrected chi connectivity index (χ4v) is 1.30. The number of halogens is 2. The van der Waals surface area contributed by atoms with Crippen LogP contribution in [0.3, 0.4) is 0 Å². The first-order valence-corrected chi connectivity index (χ1v) is 3.97. The average molecular weight is 234 g/mol. The molecule has 0 aliphatic rings. The lowest BCUT2D eigenvalue weighted by Crippen LogP contribution is -2.04. The number of aromatic amines is 1. The zero-order valence-electron chi connectivity index (χ0n) is 7.78. The first kappa shape index (κ1) is 13.2. The summed E-state index contributed by atoms with van der Waals surface area (Å²) in [5.74, 6) is 0. The van der Waals surface area contributed by atoms with E-state index in [-0.39, 0.29) is 24.8 Å². The number of nitrogens with zero attached hydrogens (tertiary/aromatic N) is 1. The number of aromatic nitrogens is 2. The molecule has 0 saturated heterocycles. The number of pyridine rings is 1. The van der Waals surface area contributed by atoms with Crippen molar-refractivity contribution < 1.29 is 0 Å². The van der Waals surface area contributed by atoms with E-state index in [2.05, 4.69) is 27.4 Å². The third-order valence-corrected chi connectivity index (χ3v) is 1.81. The normalized spacial score (nSPS) is 9.21. The molecule has 0 spiro atoms. The van der Waals surface area contributed by atoms with Crippen LogP contribution in [0.5, 0.6) is 0 Å². The van der Waals surface area contributed by atoms with Gasteiger partial charge in [-0.25, -0.2) is 4.98 Å². The molecule has 0 saturated carbocycles. The lowest BCUT2D eigenvalue weighted by Gasteiger charge is -1.91. The van der Waals surface area contributed by atoms with E-state index in [0.717, 1.165) is 12.2 Å². The summed E-state index contributed by atoms with van der Waals surface area (Å²) in [6.45, 7) is 0.857. The summed E-state index contributed by atoms with van der Waals surface area (Å²) >= 11 is 0. The fraction of sp³-hybridized carbons (Fsp3) is 0.222. The lowest BCUT2D eigenvalue weighted by molar-refractivity contribution is 0.799. The van der Waals surface area contributed by atoms with Crippen molar-refractivity contribution in [2.75, 3.05) is 7.05 Å². The molecule has 2 heterocycles. The minimum absolute atomic E-state index is 0. The highest BCUT2D eigenvalue weighted by Gasteiger charge is 1.98. The van der Waals surface area contributed by atoms with Gasteiger partial charge in [0.2, 0.25) is 0 Å². The third-order valence-electron chi connectivity index (χ3n) is 1.81. The maximum Gasteiger partial charge on any atom is 0.137 e. The van der Waals surface area contributed by atoms with Crippen LogP contribution in [0.15, 0.2) is 24.4 Å². The molecule has 2 aromatic rings. The Morgan fingerprint density at radius 3 is 2.86 bits per heavy atom. The molecule has 0 aliphatic heterocycles. The number of fused-ring (bicyclic) bond motifs is 1. The van der Waals surface area contributed by atoms with Crippen molar-refractivity contribution >= 4 is 35.8 Å². The molecule has 14 heavy (non-hydrogen) atoms.